The maximum atomic E-state index is 16.0. The molecule has 4 heterocycles. The fourth-order valence-corrected chi connectivity index (χ4v) is 5.68. The first-order valence-corrected chi connectivity index (χ1v) is 16.4. The molecule has 0 aliphatic carbocycles. The molecule has 1 N–H and O–H groups in total. The lowest BCUT2D eigenvalue weighted by Crippen LogP contribution is -2.44. The van der Waals surface area contributed by atoms with Gasteiger partial charge in [-0.1, -0.05) is 11.6 Å². The third-order valence-electron chi connectivity index (χ3n) is 7.73. The van der Waals surface area contributed by atoms with Gasteiger partial charge in [0, 0.05) is 67.3 Å². The number of halogens is 2. The van der Waals surface area contributed by atoms with Crippen molar-refractivity contribution in [1.29, 1.82) is 0 Å². The summed E-state index contributed by atoms with van der Waals surface area (Å²) < 4.78 is 33.8. The predicted molar refractivity (Wildman–Crippen MR) is 187 cm³/mol. The Hall–Kier alpha value is -4.82. The number of methoxy groups -OCH3 is 1. The molecular formula is C35H41ClFN7O6. The topological polar surface area (TPSA) is 141 Å². The van der Waals surface area contributed by atoms with Crippen LogP contribution >= 0.6 is 11.6 Å². The number of fused-ring (bicyclic) bond motifs is 2. The molecule has 0 saturated carbocycles. The van der Waals surface area contributed by atoms with Crippen LogP contribution in [0.25, 0.3) is 21.9 Å². The van der Waals surface area contributed by atoms with Crippen molar-refractivity contribution in [3.63, 3.8) is 0 Å². The predicted octanol–water partition coefficient (Wildman–Crippen LogP) is 7.05. The fourth-order valence-electron chi connectivity index (χ4n) is 5.42. The highest BCUT2D eigenvalue weighted by Gasteiger charge is 2.34. The lowest BCUT2D eigenvalue weighted by molar-refractivity contribution is -0.132. The number of carbonyl (C=O) groups excluding carboxylic acids is 3. The van der Waals surface area contributed by atoms with Crippen molar-refractivity contribution in [1.82, 2.24) is 24.6 Å². The smallest absolute Gasteiger partial charge is 0.424 e. The van der Waals surface area contributed by atoms with Gasteiger partial charge < -0.3 is 24.4 Å². The summed E-state index contributed by atoms with van der Waals surface area (Å²) in [5.74, 6) is 0.136. The molecule has 1 aliphatic rings. The summed E-state index contributed by atoms with van der Waals surface area (Å²) in [5, 5.41) is 8.50. The number of rotatable bonds is 7. The molecule has 0 bridgehead atoms. The van der Waals surface area contributed by atoms with Crippen LogP contribution < -0.4 is 10.2 Å². The van der Waals surface area contributed by atoms with Gasteiger partial charge in [0.15, 0.2) is 5.82 Å². The average Bonchev–Trinajstić information content (AvgIpc) is 3.31. The summed E-state index contributed by atoms with van der Waals surface area (Å²) in [5.41, 5.74) is -0.174. The number of hydrogen-bond acceptors (Lipinski definition) is 10. The minimum absolute atomic E-state index is 0.0439. The Balaban J connectivity index is 1.49. The molecule has 15 heteroatoms. The second-order valence-electron chi connectivity index (χ2n) is 13.9. The van der Waals surface area contributed by atoms with E-state index in [2.05, 4.69) is 20.4 Å². The van der Waals surface area contributed by atoms with Crippen molar-refractivity contribution in [3.05, 3.63) is 58.9 Å². The molecule has 1 aliphatic heterocycles. The Morgan fingerprint density at radius 1 is 1.00 bits per heavy atom. The molecular weight excluding hydrogens is 669 g/mol. The van der Waals surface area contributed by atoms with Gasteiger partial charge in [0.25, 0.3) is 0 Å². The molecule has 0 unspecified atom stereocenters. The second kappa shape index (κ2) is 14.2. The van der Waals surface area contributed by atoms with E-state index in [1.807, 2.05) is 6.07 Å². The van der Waals surface area contributed by atoms with Crippen molar-refractivity contribution in [2.45, 2.75) is 72.6 Å². The zero-order valence-corrected chi connectivity index (χ0v) is 30.1. The summed E-state index contributed by atoms with van der Waals surface area (Å²) in [6.07, 6.45) is 2.88. The first-order valence-electron chi connectivity index (χ1n) is 16.0. The SMILES string of the molecule is COCCN1CCc2cc(Nc3cc4cc(-c5cncc(N(C(=O)OC(C)(C)C)C(=O)OC(C)(C)C)c5C)c(F)c(Cl)c4cn3)nn2CC1=O. The van der Waals surface area contributed by atoms with E-state index < -0.39 is 29.2 Å². The van der Waals surface area contributed by atoms with E-state index in [1.54, 1.807) is 77.3 Å². The van der Waals surface area contributed by atoms with Crippen LogP contribution in [0.4, 0.5) is 31.3 Å². The van der Waals surface area contributed by atoms with Crippen LogP contribution in [-0.2, 0) is 32.0 Å². The number of imide groups is 1. The fraction of sp³-hybridized carbons (Fsp3) is 0.429. The molecule has 5 rings (SSSR count). The number of carbonyl (C=O) groups is 3. The normalized spacial score (nSPS) is 13.6. The summed E-state index contributed by atoms with van der Waals surface area (Å²) in [4.78, 5) is 50.6. The highest BCUT2D eigenvalue weighted by molar-refractivity contribution is 6.36. The third kappa shape index (κ3) is 8.13. The molecule has 0 spiro atoms. The van der Waals surface area contributed by atoms with Crippen LogP contribution in [-0.4, -0.2) is 80.8 Å². The van der Waals surface area contributed by atoms with E-state index in [1.165, 1.54) is 18.6 Å². The largest absolute Gasteiger partial charge is 0.443 e. The Morgan fingerprint density at radius 2 is 1.68 bits per heavy atom. The van der Waals surface area contributed by atoms with Gasteiger partial charge in [0.1, 0.15) is 29.4 Å². The number of ether oxygens (including phenoxy) is 3. The molecule has 13 nitrogen and oxygen atoms in total. The number of amides is 3. The van der Waals surface area contributed by atoms with Crippen molar-refractivity contribution in [2.24, 2.45) is 0 Å². The van der Waals surface area contributed by atoms with Crippen molar-refractivity contribution in [2.75, 3.05) is 37.0 Å². The van der Waals surface area contributed by atoms with Crippen LogP contribution in [0, 0.1) is 12.7 Å². The Morgan fingerprint density at radius 3 is 2.32 bits per heavy atom. The van der Waals surface area contributed by atoms with Crippen LogP contribution in [0.15, 0.2) is 36.8 Å². The highest BCUT2D eigenvalue weighted by atomic mass is 35.5. The molecule has 0 atom stereocenters. The summed E-state index contributed by atoms with van der Waals surface area (Å²) in [6, 6.07) is 5.16. The molecule has 0 fully saturated rings. The molecule has 3 amide bonds. The molecule has 3 aromatic heterocycles. The first-order chi connectivity index (χ1) is 23.5. The lowest BCUT2D eigenvalue weighted by atomic mass is 9.98. The van der Waals surface area contributed by atoms with Gasteiger partial charge in [-0.2, -0.15) is 10.00 Å². The van der Waals surface area contributed by atoms with Gasteiger partial charge >= 0.3 is 12.2 Å². The minimum Gasteiger partial charge on any atom is -0.443 e. The van der Waals surface area contributed by atoms with Gasteiger partial charge in [-0.3, -0.25) is 14.5 Å². The zero-order chi connectivity index (χ0) is 36.5. The maximum absolute atomic E-state index is 16.0. The van der Waals surface area contributed by atoms with E-state index in [4.69, 9.17) is 25.8 Å². The molecule has 1 aromatic carbocycles. The van der Waals surface area contributed by atoms with Crippen LogP contribution in [0.5, 0.6) is 0 Å². The number of nitrogens with zero attached hydrogens (tertiary/aromatic N) is 6. The Labute approximate surface area is 294 Å². The Bertz CT molecular complexity index is 1920. The molecule has 0 radical (unpaired) electrons. The summed E-state index contributed by atoms with van der Waals surface area (Å²) >= 11 is 6.56. The second-order valence-corrected chi connectivity index (χ2v) is 14.3. The monoisotopic (exact) mass is 709 g/mol. The maximum Gasteiger partial charge on any atom is 0.424 e. The van der Waals surface area contributed by atoms with Gasteiger partial charge in [-0.05, 0) is 71.5 Å². The van der Waals surface area contributed by atoms with Gasteiger partial charge in [0.05, 0.1) is 23.5 Å². The minimum atomic E-state index is -0.975. The van der Waals surface area contributed by atoms with E-state index in [-0.39, 0.29) is 34.3 Å². The zero-order valence-electron chi connectivity index (χ0n) is 29.4. The lowest BCUT2D eigenvalue weighted by Gasteiger charge is -2.29. The van der Waals surface area contributed by atoms with Crippen molar-refractivity contribution >= 4 is 57.8 Å². The van der Waals surface area contributed by atoms with Crippen LogP contribution in [0.1, 0.15) is 52.8 Å². The highest BCUT2D eigenvalue weighted by Crippen LogP contribution is 2.39. The van der Waals surface area contributed by atoms with E-state index in [0.29, 0.717) is 54.1 Å². The summed E-state index contributed by atoms with van der Waals surface area (Å²) in [7, 11) is 1.60. The Kier molecular flexibility index (Phi) is 10.4. The number of pyridine rings is 2. The molecule has 4 aromatic rings. The van der Waals surface area contributed by atoms with Crippen molar-refractivity contribution in [3.8, 4) is 11.1 Å². The number of hydrogen-bond donors (Lipinski definition) is 1. The average molecular weight is 710 g/mol. The van der Waals surface area contributed by atoms with Gasteiger partial charge in [0.2, 0.25) is 5.91 Å². The molecule has 50 heavy (non-hydrogen) atoms. The van der Waals surface area contributed by atoms with Crippen LogP contribution in [0.3, 0.4) is 0 Å². The van der Waals surface area contributed by atoms with Crippen LogP contribution in [0.2, 0.25) is 5.02 Å². The number of aromatic nitrogens is 4. The van der Waals surface area contributed by atoms with Gasteiger partial charge in [-0.25, -0.2) is 19.0 Å². The van der Waals surface area contributed by atoms with E-state index in [9.17, 15) is 14.4 Å². The standard InChI is InChI=1S/C35H41ClFN7O6/c1-20-24(16-38-18-26(20)44(32(46)49-34(2,3)4)33(47)50-35(5,6)7)23-13-21-14-27(39-17-25(21)30(36)31(23)37)40-28-15-22-9-10-42(11-12-48-8)29(45)19-43(22)41-28/h13-18H,9-12,19H2,1-8H3,(H,39,40,41). The van der Waals surface area contributed by atoms with Crippen molar-refractivity contribution < 1.29 is 33.0 Å². The van der Waals surface area contributed by atoms with Gasteiger partial charge in [-0.15, -0.1) is 0 Å². The molecule has 266 valence electrons. The number of anilines is 3. The van der Waals surface area contributed by atoms with E-state index >= 15 is 4.39 Å². The molecule has 0 saturated heterocycles. The summed E-state index contributed by atoms with van der Waals surface area (Å²) in [6.45, 7) is 13.3. The quantitative estimate of drug-likeness (QED) is 0.212. The number of nitrogens with one attached hydrogen (secondary N) is 1. The first kappa shape index (κ1) is 36.5. The van der Waals surface area contributed by atoms with E-state index in [0.717, 1.165) is 10.6 Å². The third-order valence-corrected chi connectivity index (χ3v) is 8.10. The number of benzene rings is 1.